The molecule has 0 bridgehead atoms. The summed E-state index contributed by atoms with van der Waals surface area (Å²) in [6.07, 6.45) is 8.61. The number of ether oxygens (including phenoxy) is 2. The fourth-order valence-corrected chi connectivity index (χ4v) is 6.62. The lowest BCUT2D eigenvalue weighted by atomic mass is 9.82. The third-order valence-corrected chi connectivity index (χ3v) is 9.32. The van der Waals surface area contributed by atoms with Crippen LogP contribution in [-0.2, 0) is 26.1 Å². The Balaban J connectivity index is 1.07. The van der Waals surface area contributed by atoms with Crippen LogP contribution in [0.1, 0.15) is 56.7 Å². The highest BCUT2D eigenvalue weighted by atomic mass is 32.2. The SMILES string of the molecule is Cc1cnc(N[C@H]2CC[C@H](N[C@H](C)COCc3cccc(NS(C)(=O)=O)n3)CC2)cc1-c1cccc(NCC2(C#N)CCOCC2)n1. The van der Waals surface area contributed by atoms with Gasteiger partial charge in [-0.05, 0) is 88.3 Å². The molecule has 0 amide bonds. The second-order valence-electron chi connectivity index (χ2n) is 12.8. The van der Waals surface area contributed by atoms with Gasteiger partial charge >= 0.3 is 0 Å². The van der Waals surface area contributed by atoms with E-state index in [4.69, 9.17) is 14.5 Å². The lowest BCUT2D eigenvalue weighted by Crippen LogP contribution is -2.43. The molecule has 0 aromatic carbocycles. The maximum absolute atomic E-state index is 11.5. The molecule has 47 heavy (non-hydrogen) atoms. The van der Waals surface area contributed by atoms with Crippen molar-refractivity contribution >= 4 is 27.5 Å². The fourth-order valence-electron chi connectivity index (χ4n) is 6.12. The first kappa shape index (κ1) is 34.5. The molecule has 1 aliphatic heterocycles. The van der Waals surface area contributed by atoms with Gasteiger partial charge in [0.25, 0.3) is 0 Å². The second kappa shape index (κ2) is 15.8. The fraction of sp³-hybridized carbons (Fsp3) is 0.529. The molecule has 0 radical (unpaired) electrons. The summed E-state index contributed by atoms with van der Waals surface area (Å²) in [6, 6.07) is 16.7. The second-order valence-corrected chi connectivity index (χ2v) is 14.6. The standard InChI is InChI=1S/C34H46N8O4S/c1-24-19-36-33(18-29(24)30-7-5-8-31(41-30)37-23-34(22-35)14-16-45-17-15-34)39-27-12-10-26(11-13-27)38-25(2)20-46-21-28-6-4-9-32(40-28)42-47(3,43)44/h4-9,18-19,25-27,38H,10-17,20-21,23H2,1-3H3,(H,36,39)(H,37,41)(H,40,42)/t25-,26-,27-/m1/s1. The summed E-state index contributed by atoms with van der Waals surface area (Å²) in [5.74, 6) is 1.89. The van der Waals surface area contributed by atoms with E-state index in [1.807, 2.05) is 37.4 Å². The Morgan fingerprint density at radius 3 is 2.51 bits per heavy atom. The minimum Gasteiger partial charge on any atom is -0.381 e. The number of hydrogen-bond donors (Lipinski definition) is 4. The van der Waals surface area contributed by atoms with Crippen molar-refractivity contribution < 1.29 is 17.9 Å². The first-order valence-electron chi connectivity index (χ1n) is 16.3. The molecule has 2 aliphatic rings. The van der Waals surface area contributed by atoms with Gasteiger partial charge in [-0.25, -0.2) is 23.4 Å². The van der Waals surface area contributed by atoms with Gasteiger partial charge in [-0.2, -0.15) is 5.26 Å². The molecule has 3 aromatic heterocycles. The van der Waals surface area contributed by atoms with E-state index in [1.54, 1.807) is 12.1 Å². The quantitative estimate of drug-likeness (QED) is 0.186. The summed E-state index contributed by atoms with van der Waals surface area (Å²) in [5, 5.41) is 20.6. The van der Waals surface area contributed by atoms with E-state index in [1.165, 1.54) is 0 Å². The first-order valence-corrected chi connectivity index (χ1v) is 18.2. The van der Waals surface area contributed by atoms with E-state index in [-0.39, 0.29) is 11.9 Å². The van der Waals surface area contributed by atoms with Crippen LogP contribution in [0.2, 0.25) is 0 Å². The van der Waals surface area contributed by atoms with Gasteiger partial charge in [-0.15, -0.1) is 0 Å². The van der Waals surface area contributed by atoms with Crippen LogP contribution in [0.5, 0.6) is 0 Å². The molecule has 252 valence electrons. The molecule has 4 heterocycles. The summed E-state index contributed by atoms with van der Waals surface area (Å²) in [6.45, 7) is 6.78. The van der Waals surface area contributed by atoms with Gasteiger partial charge in [0.15, 0.2) is 0 Å². The molecule has 2 fully saturated rings. The van der Waals surface area contributed by atoms with Crippen molar-refractivity contribution in [2.75, 3.05) is 48.0 Å². The number of nitrogens with zero attached hydrogens (tertiary/aromatic N) is 4. The van der Waals surface area contributed by atoms with E-state index in [2.05, 4.69) is 49.7 Å². The molecular formula is C34H46N8O4S. The average Bonchev–Trinajstić information content (AvgIpc) is 3.05. The number of sulfonamides is 1. The Hall–Kier alpha value is -3.83. The van der Waals surface area contributed by atoms with E-state index < -0.39 is 15.4 Å². The normalized spacial score (nSPS) is 20.1. The molecule has 0 unspecified atom stereocenters. The number of rotatable bonds is 14. The first-order chi connectivity index (χ1) is 22.6. The van der Waals surface area contributed by atoms with Crippen LogP contribution in [0.25, 0.3) is 11.3 Å². The summed E-state index contributed by atoms with van der Waals surface area (Å²) >= 11 is 0. The third kappa shape index (κ3) is 10.3. The number of anilines is 3. The Morgan fingerprint density at radius 2 is 1.77 bits per heavy atom. The van der Waals surface area contributed by atoms with E-state index in [0.29, 0.717) is 50.7 Å². The van der Waals surface area contributed by atoms with E-state index in [9.17, 15) is 13.7 Å². The van der Waals surface area contributed by atoms with Crippen LogP contribution in [-0.4, -0.2) is 74.1 Å². The van der Waals surface area contributed by atoms with Gasteiger partial charge in [0.05, 0.1) is 42.3 Å². The van der Waals surface area contributed by atoms with Crippen LogP contribution in [0, 0.1) is 23.7 Å². The summed E-state index contributed by atoms with van der Waals surface area (Å²) in [4.78, 5) is 13.9. The van der Waals surface area contributed by atoms with E-state index in [0.717, 1.165) is 73.2 Å². The number of pyridine rings is 3. The van der Waals surface area contributed by atoms with Gasteiger partial charge in [-0.1, -0.05) is 12.1 Å². The average molecular weight is 663 g/mol. The summed E-state index contributed by atoms with van der Waals surface area (Å²) in [5.41, 5.74) is 3.20. The number of nitriles is 1. The van der Waals surface area contributed by atoms with Crippen molar-refractivity contribution in [2.45, 2.75) is 77.1 Å². The Morgan fingerprint density at radius 1 is 1.04 bits per heavy atom. The zero-order valence-corrected chi connectivity index (χ0v) is 28.3. The van der Waals surface area contributed by atoms with Gasteiger partial charge < -0.3 is 25.4 Å². The zero-order chi connectivity index (χ0) is 33.3. The number of nitrogens with one attached hydrogen (secondary N) is 4. The van der Waals surface area contributed by atoms with Crippen molar-refractivity contribution in [3.63, 3.8) is 0 Å². The highest BCUT2D eigenvalue weighted by Crippen LogP contribution is 2.31. The lowest BCUT2D eigenvalue weighted by Gasteiger charge is -2.32. The summed E-state index contributed by atoms with van der Waals surface area (Å²) in [7, 11) is -3.38. The topological polar surface area (TPSA) is 163 Å². The van der Waals surface area contributed by atoms with Gasteiger partial charge in [0.2, 0.25) is 10.0 Å². The predicted octanol–water partition coefficient (Wildman–Crippen LogP) is 4.87. The Bertz CT molecular complexity index is 1630. The van der Waals surface area contributed by atoms with E-state index >= 15 is 0 Å². The molecule has 1 saturated carbocycles. The highest BCUT2D eigenvalue weighted by molar-refractivity contribution is 7.92. The van der Waals surface area contributed by atoms with Crippen molar-refractivity contribution in [1.29, 1.82) is 5.26 Å². The monoisotopic (exact) mass is 662 g/mol. The van der Waals surface area contributed by atoms with Crippen molar-refractivity contribution in [1.82, 2.24) is 20.3 Å². The minimum atomic E-state index is -3.38. The smallest absolute Gasteiger partial charge is 0.230 e. The van der Waals surface area contributed by atoms with Crippen LogP contribution in [0.15, 0.2) is 48.7 Å². The van der Waals surface area contributed by atoms with Crippen molar-refractivity contribution in [2.24, 2.45) is 5.41 Å². The molecule has 13 heteroatoms. The molecule has 5 rings (SSSR count). The number of aromatic nitrogens is 3. The largest absolute Gasteiger partial charge is 0.381 e. The van der Waals surface area contributed by atoms with Crippen LogP contribution in [0.3, 0.4) is 0 Å². The predicted molar refractivity (Wildman–Crippen MR) is 183 cm³/mol. The molecule has 1 saturated heterocycles. The molecule has 4 N–H and O–H groups in total. The van der Waals surface area contributed by atoms with Crippen LogP contribution in [0.4, 0.5) is 17.5 Å². The van der Waals surface area contributed by atoms with Gasteiger partial charge in [0, 0.05) is 49.6 Å². The maximum atomic E-state index is 11.5. The van der Waals surface area contributed by atoms with Crippen molar-refractivity contribution in [3.05, 3.63) is 59.9 Å². The minimum absolute atomic E-state index is 0.169. The summed E-state index contributed by atoms with van der Waals surface area (Å²) < 4.78 is 36.7. The molecule has 3 aromatic rings. The maximum Gasteiger partial charge on any atom is 0.230 e. The van der Waals surface area contributed by atoms with Crippen LogP contribution >= 0.6 is 0 Å². The molecule has 1 aliphatic carbocycles. The highest BCUT2D eigenvalue weighted by Gasteiger charge is 2.32. The molecule has 1 atom stereocenters. The third-order valence-electron chi connectivity index (χ3n) is 8.74. The lowest BCUT2D eigenvalue weighted by molar-refractivity contribution is 0.0455. The number of aryl methyl sites for hydroxylation is 1. The number of hydrogen-bond acceptors (Lipinski definition) is 11. The zero-order valence-electron chi connectivity index (χ0n) is 27.5. The molecule has 12 nitrogen and oxygen atoms in total. The Kier molecular flexibility index (Phi) is 11.6. The van der Waals surface area contributed by atoms with Gasteiger partial charge in [0.1, 0.15) is 17.5 Å². The van der Waals surface area contributed by atoms with Crippen LogP contribution < -0.4 is 20.7 Å². The molecule has 0 spiro atoms. The Labute approximate surface area is 278 Å². The van der Waals surface area contributed by atoms with Gasteiger partial charge in [-0.3, -0.25) is 4.72 Å². The molecular weight excluding hydrogens is 616 g/mol. The van der Waals surface area contributed by atoms with Crippen molar-refractivity contribution in [3.8, 4) is 17.3 Å².